The fourth-order valence-corrected chi connectivity index (χ4v) is 2.04. The smallest absolute Gasteiger partial charge is 0.358 e. The lowest BCUT2D eigenvalue weighted by Gasteiger charge is -2.10. The number of phosphoric ester groups is 1. The second-order valence-corrected chi connectivity index (χ2v) is 4.75. The quantitative estimate of drug-likeness (QED) is 0.453. The zero-order valence-electron chi connectivity index (χ0n) is 9.98. The Kier molecular flexibility index (Phi) is 4.97. The Labute approximate surface area is 103 Å². The lowest BCUT2D eigenvalue weighted by molar-refractivity contribution is -0.392. The first-order chi connectivity index (χ1) is 8.37. The van der Waals surface area contributed by atoms with Crippen LogP contribution in [0, 0.1) is 17.0 Å². The summed E-state index contributed by atoms with van der Waals surface area (Å²) < 4.78 is 21.6. The molecule has 1 unspecified atom stereocenters. The molecule has 0 saturated heterocycles. The zero-order valence-corrected chi connectivity index (χ0v) is 10.9. The van der Waals surface area contributed by atoms with Crippen LogP contribution in [-0.4, -0.2) is 32.6 Å². The molecule has 0 amide bonds. The first-order valence-electron chi connectivity index (χ1n) is 5.15. The van der Waals surface area contributed by atoms with Gasteiger partial charge < -0.3 is 15.0 Å². The van der Waals surface area contributed by atoms with Crippen molar-refractivity contribution < 1.29 is 23.4 Å². The van der Waals surface area contributed by atoms with E-state index in [1.54, 1.807) is 13.8 Å². The van der Waals surface area contributed by atoms with E-state index in [1.807, 2.05) is 0 Å². The maximum absolute atomic E-state index is 11.2. The number of nitrogens with zero attached hydrogens (tertiary/aromatic N) is 3. The normalized spacial score (nSPS) is 14.4. The third kappa shape index (κ3) is 3.88. The van der Waals surface area contributed by atoms with Gasteiger partial charge in [0, 0.05) is 6.92 Å². The van der Waals surface area contributed by atoms with Gasteiger partial charge in [0.25, 0.3) is 0 Å². The van der Waals surface area contributed by atoms with E-state index >= 15 is 0 Å². The van der Waals surface area contributed by atoms with Gasteiger partial charge in [0.05, 0.1) is 13.2 Å². The summed E-state index contributed by atoms with van der Waals surface area (Å²) in [5, 5.41) is 10.7. The van der Waals surface area contributed by atoms with Gasteiger partial charge in [-0.15, -0.1) is 0 Å². The van der Waals surface area contributed by atoms with Crippen LogP contribution in [0.3, 0.4) is 0 Å². The SMILES string of the molecule is CCOP(=O)(O)OCCn1c([N+](=O)[O-])cnc1C. The van der Waals surface area contributed by atoms with Crippen LogP contribution < -0.4 is 0 Å². The van der Waals surface area contributed by atoms with Crippen molar-refractivity contribution in [2.75, 3.05) is 13.2 Å². The van der Waals surface area contributed by atoms with Crippen LogP contribution in [0.25, 0.3) is 0 Å². The molecule has 0 aliphatic carbocycles. The van der Waals surface area contributed by atoms with Crippen LogP contribution >= 0.6 is 7.82 Å². The molecule has 0 aromatic carbocycles. The first kappa shape index (κ1) is 14.8. The van der Waals surface area contributed by atoms with E-state index in [0.29, 0.717) is 5.82 Å². The molecule has 1 N–H and O–H groups in total. The van der Waals surface area contributed by atoms with E-state index in [-0.39, 0.29) is 25.6 Å². The fourth-order valence-electron chi connectivity index (χ4n) is 1.33. The zero-order chi connectivity index (χ0) is 13.8. The second-order valence-electron chi connectivity index (χ2n) is 3.29. The van der Waals surface area contributed by atoms with Gasteiger partial charge in [-0.1, -0.05) is 0 Å². The molecule has 9 nitrogen and oxygen atoms in total. The summed E-state index contributed by atoms with van der Waals surface area (Å²) in [6, 6.07) is 0. The topological polar surface area (TPSA) is 117 Å². The van der Waals surface area contributed by atoms with Crippen molar-refractivity contribution in [3.8, 4) is 0 Å². The molecule has 1 aromatic rings. The van der Waals surface area contributed by atoms with Gasteiger partial charge in [0.15, 0.2) is 5.82 Å². The predicted molar refractivity (Wildman–Crippen MR) is 61.0 cm³/mol. The van der Waals surface area contributed by atoms with Crippen molar-refractivity contribution in [3.05, 3.63) is 22.1 Å². The van der Waals surface area contributed by atoms with Gasteiger partial charge in [0.1, 0.15) is 12.7 Å². The van der Waals surface area contributed by atoms with Crippen LogP contribution in [0.4, 0.5) is 5.82 Å². The van der Waals surface area contributed by atoms with Gasteiger partial charge in [0.2, 0.25) is 0 Å². The minimum Gasteiger partial charge on any atom is -0.358 e. The molecule has 1 rings (SSSR count). The largest absolute Gasteiger partial charge is 0.472 e. The summed E-state index contributed by atoms with van der Waals surface area (Å²) >= 11 is 0. The van der Waals surface area contributed by atoms with Crippen molar-refractivity contribution in [2.45, 2.75) is 20.4 Å². The highest BCUT2D eigenvalue weighted by Crippen LogP contribution is 2.42. The predicted octanol–water partition coefficient (Wildman–Crippen LogP) is 1.25. The molecule has 0 aliphatic heterocycles. The van der Waals surface area contributed by atoms with E-state index in [1.165, 1.54) is 4.57 Å². The summed E-state index contributed by atoms with van der Waals surface area (Å²) in [5.74, 6) is 0.231. The van der Waals surface area contributed by atoms with Gasteiger partial charge in [-0.05, 0) is 11.8 Å². The Morgan fingerprint density at radius 3 is 2.83 bits per heavy atom. The molecule has 102 valence electrons. The summed E-state index contributed by atoms with van der Waals surface area (Å²) in [7, 11) is -4.07. The van der Waals surface area contributed by atoms with Gasteiger partial charge >= 0.3 is 13.6 Å². The number of aromatic nitrogens is 2. The molecule has 0 fully saturated rings. The number of imidazole rings is 1. The van der Waals surface area contributed by atoms with E-state index in [4.69, 9.17) is 4.89 Å². The average Bonchev–Trinajstić information content (AvgIpc) is 2.60. The number of hydrogen-bond acceptors (Lipinski definition) is 6. The molecular formula is C8H14N3O6P. The third-order valence-electron chi connectivity index (χ3n) is 2.08. The third-order valence-corrected chi connectivity index (χ3v) is 3.18. The Morgan fingerprint density at radius 1 is 1.61 bits per heavy atom. The van der Waals surface area contributed by atoms with Crippen molar-refractivity contribution in [1.82, 2.24) is 9.55 Å². The highest BCUT2D eigenvalue weighted by Gasteiger charge is 2.22. The molecule has 0 radical (unpaired) electrons. The first-order valence-corrected chi connectivity index (χ1v) is 6.65. The minimum atomic E-state index is -4.07. The molecule has 18 heavy (non-hydrogen) atoms. The standard InChI is InChI=1S/C8H14N3O6P/c1-3-16-18(14,15)17-5-4-10-7(2)9-6-8(10)11(12)13/h6H,3-5H2,1-2H3,(H,14,15). The fraction of sp³-hybridized carbons (Fsp3) is 0.625. The van der Waals surface area contributed by atoms with Crippen LogP contribution in [0.1, 0.15) is 12.7 Å². The van der Waals surface area contributed by atoms with Crippen LogP contribution in [0.2, 0.25) is 0 Å². The van der Waals surface area contributed by atoms with Crippen LogP contribution in [0.5, 0.6) is 0 Å². The number of rotatable bonds is 7. The molecule has 1 heterocycles. The van der Waals surface area contributed by atoms with Crippen molar-refractivity contribution in [3.63, 3.8) is 0 Å². The van der Waals surface area contributed by atoms with Crippen molar-refractivity contribution in [2.24, 2.45) is 0 Å². The molecule has 10 heteroatoms. The summed E-state index contributed by atoms with van der Waals surface area (Å²) in [4.78, 5) is 23.0. The summed E-state index contributed by atoms with van der Waals surface area (Å²) in [6.07, 6.45) is 1.12. The Morgan fingerprint density at radius 2 is 2.28 bits per heavy atom. The minimum absolute atomic E-state index is 0.0397. The maximum Gasteiger partial charge on any atom is 0.472 e. The highest BCUT2D eigenvalue weighted by molar-refractivity contribution is 7.47. The number of nitro groups is 1. The van der Waals surface area contributed by atoms with E-state index in [2.05, 4.69) is 14.0 Å². The lowest BCUT2D eigenvalue weighted by atomic mass is 10.6. The molecule has 0 aliphatic rings. The van der Waals surface area contributed by atoms with Crippen molar-refractivity contribution in [1.29, 1.82) is 0 Å². The Bertz CT molecular complexity index is 473. The molecule has 1 atom stereocenters. The Balaban J connectivity index is 2.62. The summed E-state index contributed by atoms with van der Waals surface area (Å²) in [5.41, 5.74) is 0. The van der Waals surface area contributed by atoms with Crippen LogP contribution in [-0.2, 0) is 20.2 Å². The van der Waals surface area contributed by atoms with Gasteiger partial charge in [-0.3, -0.25) is 9.05 Å². The number of phosphoric acid groups is 1. The van der Waals surface area contributed by atoms with Crippen LogP contribution in [0.15, 0.2) is 6.20 Å². The number of hydrogen-bond donors (Lipinski definition) is 1. The van der Waals surface area contributed by atoms with Crippen molar-refractivity contribution >= 4 is 13.6 Å². The highest BCUT2D eigenvalue weighted by atomic mass is 31.2. The molecule has 0 bridgehead atoms. The molecular weight excluding hydrogens is 265 g/mol. The van der Waals surface area contributed by atoms with E-state index in [9.17, 15) is 14.7 Å². The maximum atomic E-state index is 11.2. The number of aryl methyl sites for hydroxylation is 1. The second kappa shape index (κ2) is 6.05. The molecule has 0 spiro atoms. The van der Waals surface area contributed by atoms with E-state index in [0.717, 1.165) is 6.20 Å². The molecule has 1 aromatic heterocycles. The summed E-state index contributed by atoms with van der Waals surface area (Å²) in [6.45, 7) is 3.04. The molecule has 0 saturated carbocycles. The van der Waals surface area contributed by atoms with Gasteiger partial charge in [-0.25, -0.2) is 14.1 Å². The lowest BCUT2D eigenvalue weighted by Crippen LogP contribution is -2.10. The Hall–Kier alpha value is -1.28. The monoisotopic (exact) mass is 279 g/mol. The van der Waals surface area contributed by atoms with E-state index < -0.39 is 12.7 Å². The van der Waals surface area contributed by atoms with Gasteiger partial charge in [-0.2, -0.15) is 0 Å². The average molecular weight is 279 g/mol.